The molecular formula is C12H20N4. The Bertz CT molecular complexity index is 335. The van der Waals surface area contributed by atoms with Crippen LogP contribution in [-0.4, -0.2) is 16.0 Å². The molecule has 4 nitrogen and oxygen atoms in total. The van der Waals surface area contributed by atoms with Gasteiger partial charge in [-0.15, -0.1) is 0 Å². The molecule has 3 atom stereocenters. The maximum Gasteiger partial charge on any atom is 0.144 e. The van der Waals surface area contributed by atoms with E-state index in [-0.39, 0.29) is 0 Å². The average molecular weight is 220 g/mol. The summed E-state index contributed by atoms with van der Waals surface area (Å²) in [5.74, 6) is 2.86. The average Bonchev–Trinajstić information content (AvgIpc) is 2.63. The van der Waals surface area contributed by atoms with E-state index < -0.39 is 0 Å². The largest absolute Gasteiger partial charge is 0.382 e. The molecule has 2 rings (SSSR count). The van der Waals surface area contributed by atoms with Crippen molar-refractivity contribution in [1.82, 2.24) is 9.97 Å². The highest BCUT2D eigenvalue weighted by molar-refractivity contribution is 5.37. The van der Waals surface area contributed by atoms with Gasteiger partial charge in [0, 0.05) is 6.04 Å². The number of nitrogens with two attached hydrogens (primary N) is 1. The van der Waals surface area contributed by atoms with E-state index in [1.54, 1.807) is 12.4 Å². The van der Waals surface area contributed by atoms with Crippen molar-refractivity contribution in [1.29, 1.82) is 0 Å². The molecule has 1 saturated carbocycles. The first kappa shape index (κ1) is 11.2. The van der Waals surface area contributed by atoms with Crippen LogP contribution in [0.15, 0.2) is 12.4 Å². The van der Waals surface area contributed by atoms with Gasteiger partial charge in [0.2, 0.25) is 0 Å². The zero-order valence-corrected chi connectivity index (χ0v) is 9.98. The van der Waals surface area contributed by atoms with Crippen LogP contribution in [0.5, 0.6) is 0 Å². The molecule has 1 aromatic rings. The van der Waals surface area contributed by atoms with Gasteiger partial charge in [0.05, 0.1) is 12.4 Å². The maximum atomic E-state index is 5.50. The molecular weight excluding hydrogens is 200 g/mol. The number of hydrogen-bond acceptors (Lipinski definition) is 4. The molecule has 0 spiro atoms. The first-order valence-electron chi connectivity index (χ1n) is 6.04. The minimum absolute atomic E-state index is 0.469. The lowest BCUT2D eigenvalue weighted by Crippen LogP contribution is -2.25. The second kappa shape index (κ2) is 4.68. The molecule has 88 valence electrons. The van der Waals surface area contributed by atoms with E-state index in [2.05, 4.69) is 29.1 Å². The van der Waals surface area contributed by atoms with Gasteiger partial charge in [-0.25, -0.2) is 9.97 Å². The predicted molar refractivity (Wildman–Crippen MR) is 66.0 cm³/mol. The minimum Gasteiger partial charge on any atom is -0.382 e. The number of aromatic nitrogens is 2. The van der Waals surface area contributed by atoms with Gasteiger partial charge in [-0.3, -0.25) is 0 Å². The van der Waals surface area contributed by atoms with Gasteiger partial charge >= 0.3 is 0 Å². The van der Waals surface area contributed by atoms with Crippen LogP contribution >= 0.6 is 0 Å². The van der Waals surface area contributed by atoms with Crippen LogP contribution in [0.4, 0.5) is 11.6 Å². The van der Waals surface area contributed by atoms with E-state index in [0.29, 0.717) is 17.8 Å². The van der Waals surface area contributed by atoms with Crippen molar-refractivity contribution in [3.05, 3.63) is 12.4 Å². The van der Waals surface area contributed by atoms with E-state index in [9.17, 15) is 0 Å². The molecule has 4 heteroatoms. The third-order valence-electron chi connectivity index (χ3n) is 3.76. The zero-order valence-electron chi connectivity index (χ0n) is 9.98. The number of anilines is 2. The molecule has 0 bridgehead atoms. The minimum atomic E-state index is 0.469. The quantitative estimate of drug-likeness (QED) is 0.820. The van der Waals surface area contributed by atoms with Crippen molar-refractivity contribution in [3.63, 3.8) is 0 Å². The van der Waals surface area contributed by atoms with Crippen LogP contribution in [0.25, 0.3) is 0 Å². The number of rotatable bonds is 3. The van der Waals surface area contributed by atoms with Crippen molar-refractivity contribution in [2.75, 3.05) is 11.1 Å². The Morgan fingerprint density at radius 3 is 2.75 bits per heavy atom. The third-order valence-corrected chi connectivity index (χ3v) is 3.76. The molecule has 0 radical (unpaired) electrons. The number of nitrogen functional groups attached to an aromatic ring is 1. The summed E-state index contributed by atoms with van der Waals surface area (Å²) >= 11 is 0. The molecule has 0 aliphatic heterocycles. The second-order valence-electron chi connectivity index (χ2n) is 4.68. The van der Waals surface area contributed by atoms with E-state index in [1.165, 1.54) is 19.3 Å². The Hall–Kier alpha value is -1.32. The Morgan fingerprint density at radius 2 is 2.19 bits per heavy atom. The molecule has 1 fully saturated rings. The number of hydrogen-bond donors (Lipinski definition) is 2. The van der Waals surface area contributed by atoms with Gasteiger partial charge in [-0.2, -0.15) is 0 Å². The summed E-state index contributed by atoms with van der Waals surface area (Å²) < 4.78 is 0. The van der Waals surface area contributed by atoms with Gasteiger partial charge in [-0.05, 0) is 24.7 Å². The summed E-state index contributed by atoms with van der Waals surface area (Å²) in [6.45, 7) is 4.59. The summed E-state index contributed by atoms with van der Waals surface area (Å²) in [4.78, 5) is 8.27. The second-order valence-corrected chi connectivity index (χ2v) is 4.68. The van der Waals surface area contributed by atoms with Crippen LogP contribution in [-0.2, 0) is 0 Å². The van der Waals surface area contributed by atoms with Gasteiger partial charge < -0.3 is 11.1 Å². The first-order chi connectivity index (χ1) is 7.70. The Balaban J connectivity index is 1.98. The fourth-order valence-electron chi connectivity index (χ4n) is 2.63. The Morgan fingerprint density at radius 1 is 1.38 bits per heavy atom. The molecule has 0 aromatic carbocycles. The van der Waals surface area contributed by atoms with Gasteiger partial charge in [-0.1, -0.05) is 20.3 Å². The number of nitrogens with zero attached hydrogens (tertiary/aromatic N) is 2. The lowest BCUT2D eigenvalue weighted by molar-refractivity contribution is 0.391. The molecule has 1 aromatic heterocycles. The van der Waals surface area contributed by atoms with Gasteiger partial charge in [0.1, 0.15) is 11.6 Å². The summed E-state index contributed by atoms with van der Waals surface area (Å²) in [6.07, 6.45) is 7.12. The van der Waals surface area contributed by atoms with Crippen molar-refractivity contribution in [3.8, 4) is 0 Å². The van der Waals surface area contributed by atoms with Crippen molar-refractivity contribution < 1.29 is 0 Å². The highest BCUT2D eigenvalue weighted by atomic mass is 15.1. The van der Waals surface area contributed by atoms with Crippen molar-refractivity contribution in [2.24, 2.45) is 11.8 Å². The van der Waals surface area contributed by atoms with Crippen LogP contribution in [0.2, 0.25) is 0 Å². The van der Waals surface area contributed by atoms with E-state index in [0.717, 1.165) is 11.7 Å². The maximum absolute atomic E-state index is 5.50. The zero-order chi connectivity index (χ0) is 11.5. The van der Waals surface area contributed by atoms with Crippen LogP contribution in [0.3, 0.4) is 0 Å². The van der Waals surface area contributed by atoms with Crippen molar-refractivity contribution in [2.45, 2.75) is 39.2 Å². The molecule has 1 aliphatic rings. The number of nitrogens with one attached hydrogen (secondary N) is 1. The molecule has 3 N–H and O–H groups in total. The summed E-state index contributed by atoms with van der Waals surface area (Å²) in [5, 5.41) is 3.45. The normalized spacial score (nSPS) is 29.2. The molecule has 3 unspecified atom stereocenters. The van der Waals surface area contributed by atoms with Crippen molar-refractivity contribution >= 4 is 11.6 Å². The molecule has 1 heterocycles. The highest BCUT2D eigenvalue weighted by Gasteiger charge is 2.31. The smallest absolute Gasteiger partial charge is 0.144 e. The summed E-state index contributed by atoms with van der Waals surface area (Å²) in [5.41, 5.74) is 5.50. The van der Waals surface area contributed by atoms with Crippen LogP contribution in [0.1, 0.15) is 33.1 Å². The molecule has 16 heavy (non-hydrogen) atoms. The molecule has 0 saturated heterocycles. The molecule has 0 amide bonds. The fourth-order valence-corrected chi connectivity index (χ4v) is 2.63. The molecule has 1 aliphatic carbocycles. The van der Waals surface area contributed by atoms with Crippen LogP contribution in [0, 0.1) is 11.8 Å². The van der Waals surface area contributed by atoms with E-state index in [1.807, 2.05) is 0 Å². The predicted octanol–water partition coefficient (Wildman–Crippen LogP) is 2.30. The van der Waals surface area contributed by atoms with E-state index >= 15 is 0 Å². The highest BCUT2D eigenvalue weighted by Crippen LogP contribution is 2.35. The third kappa shape index (κ3) is 2.26. The van der Waals surface area contributed by atoms with Gasteiger partial charge in [0.25, 0.3) is 0 Å². The topological polar surface area (TPSA) is 63.8 Å². The van der Waals surface area contributed by atoms with Crippen LogP contribution < -0.4 is 11.1 Å². The SMILES string of the molecule is CCC1CCC(Nc2cnc(N)cn2)C1C. The Kier molecular flexibility index (Phi) is 3.27. The van der Waals surface area contributed by atoms with E-state index in [4.69, 9.17) is 5.73 Å². The van der Waals surface area contributed by atoms with Gasteiger partial charge in [0.15, 0.2) is 0 Å². The fraction of sp³-hybridized carbons (Fsp3) is 0.667. The summed E-state index contributed by atoms with van der Waals surface area (Å²) in [6, 6.07) is 0.530. The lowest BCUT2D eigenvalue weighted by atomic mass is 9.93. The lowest BCUT2D eigenvalue weighted by Gasteiger charge is -2.21. The summed E-state index contributed by atoms with van der Waals surface area (Å²) in [7, 11) is 0. The monoisotopic (exact) mass is 220 g/mol. The standard InChI is InChI=1S/C12H20N4/c1-3-9-4-5-10(8(9)2)16-12-7-14-11(13)6-15-12/h6-10H,3-5H2,1-2H3,(H2,13,14)(H,15,16). The Labute approximate surface area is 96.7 Å². The first-order valence-corrected chi connectivity index (χ1v) is 6.04.